The lowest BCUT2D eigenvalue weighted by Gasteiger charge is -2.35. The Labute approximate surface area is 150 Å². The molecule has 1 aliphatic heterocycles. The Balaban J connectivity index is 1.74. The number of hydrogen-bond acceptors (Lipinski definition) is 5. The minimum absolute atomic E-state index is 0.00438. The summed E-state index contributed by atoms with van der Waals surface area (Å²) in [6.07, 6.45) is 1.77. The number of hydrogen-bond donors (Lipinski definition) is 1. The van der Waals surface area contributed by atoms with Crippen LogP contribution in [0.2, 0.25) is 0 Å². The van der Waals surface area contributed by atoms with Crippen molar-refractivity contribution in [1.29, 1.82) is 0 Å². The van der Waals surface area contributed by atoms with Crippen LogP contribution < -0.4 is 14.8 Å². The van der Waals surface area contributed by atoms with Gasteiger partial charge in [0.2, 0.25) is 5.91 Å². The molecule has 6 heteroatoms. The highest BCUT2D eigenvalue weighted by Gasteiger charge is 2.21. The van der Waals surface area contributed by atoms with Crippen molar-refractivity contribution in [2.45, 2.75) is 38.9 Å². The number of carbonyl (C=O) groups excluding carboxylic acids is 1. The molecule has 1 amide bonds. The maximum Gasteiger partial charge on any atom is 0.224 e. The maximum absolute atomic E-state index is 12.2. The first-order valence-electron chi connectivity index (χ1n) is 8.87. The molecule has 0 bridgehead atoms. The van der Waals surface area contributed by atoms with Crippen molar-refractivity contribution in [3.05, 3.63) is 23.8 Å². The van der Waals surface area contributed by atoms with E-state index in [1.807, 2.05) is 18.2 Å². The standard InChI is InChI=1S/C19H30N2O4/c1-14-12-21(13-15(2)25-14)9-5-8-20-19(22)11-16-10-17(23-3)6-7-18(16)24-4/h6-7,10,14-15H,5,8-9,11-13H2,1-4H3,(H,20,22). The number of rotatable bonds is 8. The Morgan fingerprint density at radius 1 is 1.24 bits per heavy atom. The lowest BCUT2D eigenvalue weighted by molar-refractivity contribution is -0.120. The van der Waals surface area contributed by atoms with Gasteiger partial charge >= 0.3 is 0 Å². The average Bonchev–Trinajstić information content (AvgIpc) is 2.58. The van der Waals surface area contributed by atoms with E-state index in [-0.39, 0.29) is 24.5 Å². The van der Waals surface area contributed by atoms with Gasteiger partial charge in [-0.05, 0) is 38.5 Å². The molecule has 0 radical (unpaired) electrons. The third-order valence-electron chi connectivity index (χ3n) is 4.31. The molecular weight excluding hydrogens is 320 g/mol. The quantitative estimate of drug-likeness (QED) is 0.725. The van der Waals surface area contributed by atoms with E-state index in [0.29, 0.717) is 12.3 Å². The second-order valence-corrected chi connectivity index (χ2v) is 6.57. The van der Waals surface area contributed by atoms with Gasteiger partial charge in [0.05, 0.1) is 32.8 Å². The monoisotopic (exact) mass is 350 g/mol. The van der Waals surface area contributed by atoms with Gasteiger partial charge in [-0.1, -0.05) is 0 Å². The van der Waals surface area contributed by atoms with Crippen LogP contribution in [0.15, 0.2) is 18.2 Å². The molecule has 1 saturated heterocycles. The first-order chi connectivity index (χ1) is 12.0. The van der Waals surface area contributed by atoms with Gasteiger partial charge in [-0.25, -0.2) is 0 Å². The summed E-state index contributed by atoms with van der Waals surface area (Å²) in [4.78, 5) is 14.6. The molecule has 1 aromatic rings. The van der Waals surface area contributed by atoms with Crippen molar-refractivity contribution in [1.82, 2.24) is 10.2 Å². The fourth-order valence-electron chi connectivity index (χ4n) is 3.25. The fraction of sp³-hybridized carbons (Fsp3) is 0.632. The van der Waals surface area contributed by atoms with Crippen LogP contribution in [0.25, 0.3) is 0 Å². The van der Waals surface area contributed by atoms with Gasteiger partial charge in [0.15, 0.2) is 0 Å². The second-order valence-electron chi connectivity index (χ2n) is 6.57. The van der Waals surface area contributed by atoms with Crippen molar-refractivity contribution in [2.75, 3.05) is 40.4 Å². The Morgan fingerprint density at radius 3 is 2.60 bits per heavy atom. The van der Waals surface area contributed by atoms with Crippen molar-refractivity contribution in [3.8, 4) is 11.5 Å². The Bertz CT molecular complexity index is 554. The Kier molecular flexibility index (Phi) is 7.52. The zero-order chi connectivity index (χ0) is 18.2. The van der Waals surface area contributed by atoms with Crippen molar-refractivity contribution < 1.29 is 19.0 Å². The summed E-state index contributed by atoms with van der Waals surface area (Å²) in [7, 11) is 3.21. The minimum atomic E-state index is -0.00438. The molecule has 1 aliphatic rings. The van der Waals surface area contributed by atoms with E-state index in [1.165, 1.54) is 0 Å². The van der Waals surface area contributed by atoms with Crippen molar-refractivity contribution >= 4 is 5.91 Å². The second kappa shape index (κ2) is 9.63. The van der Waals surface area contributed by atoms with E-state index >= 15 is 0 Å². The van der Waals surface area contributed by atoms with Crippen LogP contribution in [0.4, 0.5) is 0 Å². The first-order valence-corrected chi connectivity index (χ1v) is 8.87. The topological polar surface area (TPSA) is 60.0 Å². The van der Waals surface area contributed by atoms with Crippen molar-refractivity contribution in [3.63, 3.8) is 0 Å². The highest BCUT2D eigenvalue weighted by atomic mass is 16.5. The van der Waals surface area contributed by atoms with Crippen LogP contribution in [-0.4, -0.2) is 63.4 Å². The molecule has 1 aromatic carbocycles. The van der Waals surface area contributed by atoms with Crippen LogP contribution in [0.3, 0.4) is 0 Å². The third-order valence-corrected chi connectivity index (χ3v) is 4.31. The molecule has 0 aromatic heterocycles. The maximum atomic E-state index is 12.2. The van der Waals surface area contributed by atoms with Gasteiger partial charge in [-0.15, -0.1) is 0 Å². The molecule has 25 heavy (non-hydrogen) atoms. The summed E-state index contributed by atoms with van der Waals surface area (Å²) in [6, 6.07) is 5.49. The molecule has 1 fully saturated rings. The number of carbonyl (C=O) groups is 1. The first kappa shape index (κ1) is 19.5. The summed E-state index contributed by atoms with van der Waals surface area (Å²) in [5.41, 5.74) is 0.829. The van der Waals surface area contributed by atoms with E-state index in [9.17, 15) is 4.79 Å². The number of methoxy groups -OCH3 is 2. The summed E-state index contributed by atoms with van der Waals surface area (Å²) in [6.45, 7) is 7.77. The molecule has 0 spiro atoms. The molecule has 0 saturated carbocycles. The van der Waals surface area contributed by atoms with Crippen LogP contribution in [0.5, 0.6) is 11.5 Å². The molecule has 140 valence electrons. The molecule has 2 unspecified atom stereocenters. The fourth-order valence-corrected chi connectivity index (χ4v) is 3.25. The predicted octanol–water partition coefficient (Wildman–Crippen LogP) is 1.86. The molecule has 0 aliphatic carbocycles. The Hall–Kier alpha value is -1.79. The Morgan fingerprint density at radius 2 is 1.96 bits per heavy atom. The van der Waals surface area contributed by atoms with E-state index < -0.39 is 0 Å². The number of amides is 1. The largest absolute Gasteiger partial charge is 0.497 e. The number of nitrogens with zero attached hydrogens (tertiary/aromatic N) is 1. The smallest absolute Gasteiger partial charge is 0.224 e. The highest BCUT2D eigenvalue weighted by Crippen LogP contribution is 2.24. The molecule has 6 nitrogen and oxygen atoms in total. The van der Waals surface area contributed by atoms with Crippen LogP contribution in [0, 0.1) is 0 Å². The van der Waals surface area contributed by atoms with Gasteiger partial charge in [0, 0.05) is 31.7 Å². The zero-order valence-corrected chi connectivity index (χ0v) is 15.7. The molecular formula is C19H30N2O4. The van der Waals surface area contributed by atoms with E-state index in [0.717, 1.165) is 37.4 Å². The number of nitrogens with one attached hydrogen (secondary N) is 1. The normalized spacial score (nSPS) is 21.0. The lowest BCUT2D eigenvalue weighted by atomic mass is 10.1. The number of ether oxygens (including phenoxy) is 3. The van der Waals surface area contributed by atoms with Gasteiger partial charge < -0.3 is 19.5 Å². The number of morpholine rings is 1. The van der Waals surface area contributed by atoms with Crippen LogP contribution in [-0.2, 0) is 16.0 Å². The predicted molar refractivity (Wildman–Crippen MR) is 97.3 cm³/mol. The minimum Gasteiger partial charge on any atom is -0.497 e. The van der Waals surface area contributed by atoms with Gasteiger partial charge in [-0.2, -0.15) is 0 Å². The molecule has 1 N–H and O–H groups in total. The van der Waals surface area contributed by atoms with Gasteiger partial charge in [0.1, 0.15) is 11.5 Å². The zero-order valence-electron chi connectivity index (χ0n) is 15.7. The number of benzene rings is 1. The lowest BCUT2D eigenvalue weighted by Crippen LogP contribution is -2.46. The molecule has 2 rings (SSSR count). The molecule has 1 heterocycles. The van der Waals surface area contributed by atoms with Crippen molar-refractivity contribution in [2.24, 2.45) is 0 Å². The highest BCUT2D eigenvalue weighted by molar-refractivity contribution is 5.79. The third kappa shape index (κ3) is 6.21. The van der Waals surface area contributed by atoms with Gasteiger partial charge in [-0.3, -0.25) is 9.69 Å². The molecule has 2 atom stereocenters. The van der Waals surface area contributed by atoms with Gasteiger partial charge in [0.25, 0.3) is 0 Å². The summed E-state index contributed by atoms with van der Waals surface area (Å²) < 4.78 is 16.3. The summed E-state index contributed by atoms with van der Waals surface area (Å²) in [5, 5.41) is 2.99. The van der Waals surface area contributed by atoms with E-state index in [4.69, 9.17) is 14.2 Å². The summed E-state index contributed by atoms with van der Waals surface area (Å²) in [5.74, 6) is 1.42. The van der Waals surface area contributed by atoms with E-state index in [2.05, 4.69) is 24.1 Å². The average molecular weight is 350 g/mol. The summed E-state index contributed by atoms with van der Waals surface area (Å²) >= 11 is 0. The van der Waals surface area contributed by atoms with Crippen LogP contribution in [0.1, 0.15) is 25.8 Å². The van der Waals surface area contributed by atoms with E-state index in [1.54, 1.807) is 14.2 Å². The van der Waals surface area contributed by atoms with Crippen LogP contribution >= 0.6 is 0 Å². The SMILES string of the molecule is COc1ccc(OC)c(CC(=O)NCCCN2CC(C)OC(C)C2)c1.